The Morgan fingerprint density at radius 3 is 2.53 bits per heavy atom. The molecule has 4 rings (SSSR count). The molecule has 0 spiro atoms. The monoisotopic (exact) mass is 484 g/mol. The number of nitrogens with one attached hydrogen (secondary N) is 1. The van der Waals surface area contributed by atoms with Crippen LogP contribution in [0.1, 0.15) is 16.7 Å². The van der Waals surface area contributed by atoms with Crippen molar-refractivity contribution in [3.05, 3.63) is 83.4 Å². The largest absolute Gasteiger partial charge is 0.455 e. The van der Waals surface area contributed by atoms with E-state index in [9.17, 15) is 22.8 Å². The molecule has 1 amide bonds. The quantitative estimate of drug-likeness (QED) is 0.340. The minimum Gasteiger partial charge on any atom is -0.455 e. The second-order valence-corrected chi connectivity index (χ2v) is 8.68. The fourth-order valence-electron chi connectivity index (χ4n) is 3.27. The minimum absolute atomic E-state index is 0.154. The molecule has 174 valence electrons. The number of rotatable bonds is 6. The zero-order valence-corrected chi connectivity index (χ0v) is 18.8. The van der Waals surface area contributed by atoms with Crippen LogP contribution >= 0.6 is 11.3 Å². The minimum atomic E-state index is -4.50. The summed E-state index contributed by atoms with van der Waals surface area (Å²) in [6.07, 6.45) is -4.87. The normalized spacial score (nSPS) is 11.4. The third kappa shape index (κ3) is 5.79. The molecule has 0 radical (unpaired) electrons. The van der Waals surface area contributed by atoms with Crippen LogP contribution in [0.25, 0.3) is 20.8 Å². The average molecular weight is 484 g/mol. The van der Waals surface area contributed by atoms with Crippen molar-refractivity contribution >= 4 is 39.1 Å². The van der Waals surface area contributed by atoms with Gasteiger partial charge in [-0.2, -0.15) is 13.2 Å². The maximum Gasteiger partial charge on any atom is 0.416 e. The van der Waals surface area contributed by atoms with E-state index in [2.05, 4.69) is 16.4 Å². The van der Waals surface area contributed by atoms with Crippen LogP contribution in [0.3, 0.4) is 0 Å². The van der Waals surface area contributed by atoms with Gasteiger partial charge in [0.25, 0.3) is 5.91 Å². The first-order chi connectivity index (χ1) is 16.2. The molecule has 4 aromatic rings. The predicted octanol–water partition coefficient (Wildman–Crippen LogP) is 6.01. The first-order valence-electron chi connectivity index (χ1n) is 10.3. The summed E-state index contributed by atoms with van der Waals surface area (Å²) in [5.41, 5.74) is 2.82. The third-order valence-electron chi connectivity index (χ3n) is 4.93. The lowest BCUT2D eigenvalue weighted by molar-refractivity contribution is -0.146. The van der Waals surface area contributed by atoms with Crippen molar-refractivity contribution in [3.63, 3.8) is 0 Å². The van der Waals surface area contributed by atoms with E-state index in [0.29, 0.717) is 5.69 Å². The van der Waals surface area contributed by atoms with E-state index in [1.807, 2.05) is 31.2 Å². The van der Waals surface area contributed by atoms with Gasteiger partial charge in [-0.05, 0) is 60.5 Å². The molecule has 0 atom stereocenters. The second kappa shape index (κ2) is 9.64. The van der Waals surface area contributed by atoms with E-state index in [0.717, 1.165) is 38.5 Å². The first-order valence-corrected chi connectivity index (χ1v) is 11.1. The predicted molar refractivity (Wildman–Crippen MR) is 125 cm³/mol. The van der Waals surface area contributed by atoms with Gasteiger partial charge in [-0.25, -0.2) is 4.98 Å². The van der Waals surface area contributed by atoms with Gasteiger partial charge in [0.15, 0.2) is 6.61 Å². The van der Waals surface area contributed by atoms with Gasteiger partial charge in [-0.1, -0.05) is 24.3 Å². The van der Waals surface area contributed by atoms with E-state index >= 15 is 0 Å². The number of fused-ring (bicyclic) bond motifs is 1. The fourth-order valence-corrected chi connectivity index (χ4v) is 4.34. The van der Waals surface area contributed by atoms with Gasteiger partial charge in [0.1, 0.15) is 5.01 Å². The van der Waals surface area contributed by atoms with Crippen LogP contribution in [0.4, 0.5) is 18.9 Å². The summed E-state index contributed by atoms with van der Waals surface area (Å²) in [4.78, 5) is 28.7. The Labute approximate surface area is 197 Å². The van der Waals surface area contributed by atoms with Crippen LogP contribution in [0, 0.1) is 6.92 Å². The highest BCUT2D eigenvalue weighted by Gasteiger charge is 2.30. The summed E-state index contributed by atoms with van der Waals surface area (Å²) in [5, 5.41) is 3.48. The highest BCUT2D eigenvalue weighted by atomic mass is 32.1. The molecule has 0 bridgehead atoms. The molecular formula is C25H19F3N2O3S. The lowest BCUT2D eigenvalue weighted by Crippen LogP contribution is -2.21. The molecule has 9 heteroatoms. The number of alkyl halides is 3. The summed E-state index contributed by atoms with van der Waals surface area (Å²) in [7, 11) is 0. The van der Waals surface area contributed by atoms with E-state index in [1.165, 1.54) is 12.1 Å². The highest BCUT2D eigenvalue weighted by Crippen LogP contribution is 2.31. The summed E-state index contributed by atoms with van der Waals surface area (Å²) in [6.45, 7) is 1.48. The van der Waals surface area contributed by atoms with Crippen molar-refractivity contribution in [1.29, 1.82) is 0 Å². The summed E-state index contributed by atoms with van der Waals surface area (Å²) >= 11 is 1.58. The number of esters is 1. The number of carbonyl (C=O) groups excluding carboxylic acids is 2. The molecule has 1 N–H and O–H groups in total. The van der Waals surface area contributed by atoms with E-state index in [4.69, 9.17) is 4.74 Å². The number of hydrogen-bond acceptors (Lipinski definition) is 5. The Morgan fingerprint density at radius 1 is 1.03 bits per heavy atom. The molecule has 3 aromatic carbocycles. The summed E-state index contributed by atoms with van der Waals surface area (Å²) in [6, 6.07) is 17.6. The van der Waals surface area contributed by atoms with Gasteiger partial charge in [-0.3, -0.25) is 9.59 Å². The number of aromatic nitrogens is 1. The lowest BCUT2D eigenvalue weighted by atomic mass is 10.1. The zero-order valence-electron chi connectivity index (χ0n) is 18.0. The van der Waals surface area contributed by atoms with Gasteiger partial charge in [0.05, 0.1) is 22.2 Å². The van der Waals surface area contributed by atoms with Crippen LogP contribution < -0.4 is 5.32 Å². The topological polar surface area (TPSA) is 68.3 Å². The van der Waals surface area contributed by atoms with Crippen molar-refractivity contribution in [3.8, 4) is 10.6 Å². The maximum absolute atomic E-state index is 12.8. The van der Waals surface area contributed by atoms with Crippen LogP contribution in [-0.2, 0) is 26.9 Å². The molecule has 0 saturated carbocycles. The number of hydrogen-bond donors (Lipinski definition) is 1. The maximum atomic E-state index is 12.8. The van der Waals surface area contributed by atoms with Gasteiger partial charge >= 0.3 is 12.1 Å². The molecule has 0 saturated heterocycles. The van der Waals surface area contributed by atoms with Gasteiger partial charge in [0, 0.05) is 11.3 Å². The van der Waals surface area contributed by atoms with Crippen LogP contribution in [0.5, 0.6) is 0 Å². The number of ether oxygens (including phenoxy) is 1. The zero-order chi connectivity index (χ0) is 24.3. The Hall–Kier alpha value is -3.72. The molecular weight excluding hydrogens is 465 g/mol. The van der Waals surface area contributed by atoms with Crippen LogP contribution in [0.2, 0.25) is 0 Å². The van der Waals surface area contributed by atoms with Gasteiger partial charge in [-0.15, -0.1) is 11.3 Å². The molecule has 1 heterocycles. The Morgan fingerprint density at radius 2 is 1.79 bits per heavy atom. The third-order valence-corrected chi connectivity index (χ3v) is 5.99. The van der Waals surface area contributed by atoms with Crippen molar-refractivity contribution in [2.75, 3.05) is 11.9 Å². The second-order valence-electron chi connectivity index (χ2n) is 7.65. The summed E-state index contributed by atoms with van der Waals surface area (Å²) < 4.78 is 44.3. The summed E-state index contributed by atoms with van der Waals surface area (Å²) in [5.74, 6) is -1.35. The number of aryl methyl sites for hydroxylation is 1. The molecule has 0 aliphatic heterocycles. The van der Waals surface area contributed by atoms with E-state index < -0.39 is 30.2 Å². The molecule has 34 heavy (non-hydrogen) atoms. The van der Waals surface area contributed by atoms with Gasteiger partial charge < -0.3 is 10.1 Å². The molecule has 0 aliphatic rings. The number of halogens is 3. The molecule has 0 aliphatic carbocycles. The van der Waals surface area contributed by atoms with Gasteiger partial charge in [0.2, 0.25) is 0 Å². The number of amides is 1. The number of carbonyl (C=O) groups is 2. The molecule has 1 aromatic heterocycles. The number of thiazole rings is 1. The highest BCUT2D eigenvalue weighted by molar-refractivity contribution is 7.21. The number of anilines is 1. The van der Waals surface area contributed by atoms with Crippen molar-refractivity contribution in [2.24, 2.45) is 0 Å². The average Bonchev–Trinajstić information content (AvgIpc) is 3.21. The molecule has 5 nitrogen and oxygen atoms in total. The SMILES string of the molecule is Cc1ccc2nc(-c3ccc(NC(=O)COC(=O)Cc4cccc(C(F)(F)F)c4)cc3)sc2c1. The lowest BCUT2D eigenvalue weighted by Gasteiger charge is -2.09. The number of benzene rings is 3. The smallest absolute Gasteiger partial charge is 0.416 e. The van der Waals surface area contributed by atoms with Crippen LogP contribution in [0.15, 0.2) is 66.7 Å². The van der Waals surface area contributed by atoms with E-state index in [-0.39, 0.29) is 12.0 Å². The Balaban J connectivity index is 1.30. The first kappa shape index (κ1) is 23.4. The molecule has 0 fully saturated rings. The molecule has 0 unspecified atom stereocenters. The van der Waals surface area contributed by atoms with Crippen molar-refractivity contribution in [1.82, 2.24) is 4.98 Å². The number of nitrogens with zero attached hydrogens (tertiary/aromatic N) is 1. The fraction of sp³-hybridized carbons (Fsp3) is 0.160. The standard InChI is InChI=1S/C25H19F3N2O3S/c1-15-5-10-20-21(11-15)34-24(30-20)17-6-8-19(9-7-17)29-22(31)14-33-23(32)13-16-3-2-4-18(12-16)25(26,27)28/h2-12H,13-14H2,1H3,(H,29,31). The van der Waals surface area contributed by atoms with Crippen molar-refractivity contribution < 1.29 is 27.5 Å². The van der Waals surface area contributed by atoms with Crippen molar-refractivity contribution in [2.45, 2.75) is 19.5 Å². The van der Waals surface area contributed by atoms with Crippen LogP contribution in [-0.4, -0.2) is 23.5 Å². The Kier molecular flexibility index (Phi) is 6.65. The Bertz CT molecular complexity index is 1350. The van der Waals surface area contributed by atoms with E-state index in [1.54, 1.807) is 23.5 Å².